The molecule has 2 rings (SSSR count). The maximum Gasteiger partial charge on any atom is 0.257 e. The van der Waals surface area contributed by atoms with Crippen LogP contribution in [0, 0.1) is 0 Å². The van der Waals surface area contributed by atoms with Gasteiger partial charge < -0.3 is 10.1 Å². The van der Waals surface area contributed by atoms with E-state index in [0.717, 1.165) is 0 Å². The van der Waals surface area contributed by atoms with Crippen molar-refractivity contribution in [2.75, 3.05) is 18.6 Å². The van der Waals surface area contributed by atoms with Crippen LogP contribution in [0.1, 0.15) is 16.8 Å². The molecule has 1 N–H and O–H groups in total. The fraction of sp³-hybridized carbons (Fsp3) is 0.455. The highest BCUT2D eigenvalue weighted by atomic mass is 32.2. The molecule has 7 heteroatoms. The lowest BCUT2D eigenvalue weighted by Gasteiger charge is -2.12. The van der Waals surface area contributed by atoms with Gasteiger partial charge in [0.15, 0.2) is 9.84 Å². The number of nitrogens with one attached hydrogen (secondary N) is 1. The normalized spacial score (nSPS) is 21.5. The van der Waals surface area contributed by atoms with Crippen molar-refractivity contribution in [3.8, 4) is 5.88 Å². The molecule has 1 aliphatic rings. The summed E-state index contributed by atoms with van der Waals surface area (Å²) in [7, 11) is -1.57. The van der Waals surface area contributed by atoms with Crippen molar-refractivity contribution in [2.45, 2.75) is 12.5 Å². The summed E-state index contributed by atoms with van der Waals surface area (Å²) >= 11 is 0. The number of hydrogen-bond acceptors (Lipinski definition) is 5. The lowest BCUT2D eigenvalue weighted by molar-refractivity contribution is 0.0937. The molecule has 18 heavy (non-hydrogen) atoms. The smallest absolute Gasteiger partial charge is 0.257 e. The lowest BCUT2D eigenvalue weighted by atomic mass is 10.2. The SMILES string of the molecule is COc1ncccc1C(=O)N[C@@H]1CCS(=O)(=O)C1. The zero-order chi connectivity index (χ0) is 13.2. The van der Waals surface area contributed by atoms with E-state index in [1.165, 1.54) is 13.3 Å². The third-order valence-electron chi connectivity index (χ3n) is 2.78. The molecule has 6 nitrogen and oxygen atoms in total. The molecule has 1 aliphatic heterocycles. The van der Waals surface area contributed by atoms with Gasteiger partial charge in [0.2, 0.25) is 5.88 Å². The van der Waals surface area contributed by atoms with Crippen molar-refractivity contribution in [2.24, 2.45) is 0 Å². The molecule has 1 aromatic rings. The predicted octanol–water partition coefficient (Wildman–Crippen LogP) is 0.00710. The van der Waals surface area contributed by atoms with E-state index in [4.69, 9.17) is 4.74 Å². The van der Waals surface area contributed by atoms with Crippen LogP contribution >= 0.6 is 0 Å². The minimum atomic E-state index is -3.00. The summed E-state index contributed by atoms with van der Waals surface area (Å²) in [6.07, 6.45) is 1.98. The molecule has 2 heterocycles. The second-order valence-corrected chi connectivity index (χ2v) is 6.36. The summed E-state index contributed by atoms with van der Waals surface area (Å²) in [6.45, 7) is 0. The van der Waals surface area contributed by atoms with Gasteiger partial charge in [-0.15, -0.1) is 0 Å². The van der Waals surface area contributed by atoms with E-state index in [0.29, 0.717) is 12.0 Å². The largest absolute Gasteiger partial charge is 0.480 e. The molecule has 1 atom stereocenters. The molecule has 0 aliphatic carbocycles. The number of pyridine rings is 1. The Morgan fingerprint density at radius 2 is 2.33 bits per heavy atom. The number of carbonyl (C=O) groups excluding carboxylic acids is 1. The second kappa shape index (κ2) is 4.93. The Labute approximate surface area is 105 Å². The van der Waals surface area contributed by atoms with Gasteiger partial charge in [-0.3, -0.25) is 4.79 Å². The number of carbonyl (C=O) groups is 1. The van der Waals surface area contributed by atoms with E-state index in [-0.39, 0.29) is 29.3 Å². The van der Waals surface area contributed by atoms with E-state index in [1.54, 1.807) is 12.1 Å². The van der Waals surface area contributed by atoms with Gasteiger partial charge in [0.25, 0.3) is 5.91 Å². The Morgan fingerprint density at radius 3 is 2.94 bits per heavy atom. The summed E-state index contributed by atoms with van der Waals surface area (Å²) in [4.78, 5) is 15.9. The molecule has 98 valence electrons. The number of hydrogen-bond donors (Lipinski definition) is 1. The van der Waals surface area contributed by atoms with Gasteiger partial charge in [-0.1, -0.05) is 0 Å². The molecule has 1 saturated heterocycles. The van der Waals surface area contributed by atoms with E-state index >= 15 is 0 Å². The topological polar surface area (TPSA) is 85.4 Å². The maximum absolute atomic E-state index is 12.0. The van der Waals surface area contributed by atoms with Crippen LogP contribution in [0.15, 0.2) is 18.3 Å². The molecule has 1 aromatic heterocycles. The van der Waals surface area contributed by atoms with Gasteiger partial charge in [0.1, 0.15) is 5.56 Å². The molecule has 0 saturated carbocycles. The number of aromatic nitrogens is 1. The van der Waals surface area contributed by atoms with Crippen LogP contribution < -0.4 is 10.1 Å². The van der Waals surface area contributed by atoms with Crippen LogP contribution in [-0.4, -0.2) is 44.0 Å². The highest BCUT2D eigenvalue weighted by Gasteiger charge is 2.29. The number of rotatable bonds is 3. The molecule has 0 bridgehead atoms. The zero-order valence-corrected chi connectivity index (χ0v) is 10.7. The Balaban J connectivity index is 2.09. The third kappa shape index (κ3) is 2.79. The number of sulfone groups is 1. The van der Waals surface area contributed by atoms with E-state index < -0.39 is 9.84 Å². The summed E-state index contributed by atoms with van der Waals surface area (Å²) in [5.41, 5.74) is 0.310. The average molecular weight is 270 g/mol. The van der Waals surface area contributed by atoms with E-state index in [9.17, 15) is 13.2 Å². The van der Waals surface area contributed by atoms with Crippen molar-refractivity contribution >= 4 is 15.7 Å². The molecule has 1 fully saturated rings. The number of ether oxygens (including phenoxy) is 1. The minimum absolute atomic E-state index is 0.00131. The van der Waals surface area contributed by atoms with Crippen molar-refractivity contribution in [1.82, 2.24) is 10.3 Å². The first-order chi connectivity index (χ1) is 8.52. The zero-order valence-electron chi connectivity index (χ0n) is 9.92. The monoisotopic (exact) mass is 270 g/mol. The fourth-order valence-electron chi connectivity index (χ4n) is 1.90. The first-order valence-electron chi connectivity index (χ1n) is 5.52. The molecule has 0 aromatic carbocycles. The van der Waals surface area contributed by atoms with Gasteiger partial charge >= 0.3 is 0 Å². The lowest BCUT2D eigenvalue weighted by Crippen LogP contribution is -2.35. The summed E-state index contributed by atoms with van der Waals surface area (Å²) < 4.78 is 27.6. The molecule has 0 unspecified atom stereocenters. The first-order valence-corrected chi connectivity index (χ1v) is 7.34. The Hall–Kier alpha value is -1.63. The fourth-order valence-corrected chi connectivity index (χ4v) is 3.57. The molecular weight excluding hydrogens is 256 g/mol. The maximum atomic E-state index is 12.0. The highest BCUT2D eigenvalue weighted by molar-refractivity contribution is 7.91. The van der Waals surface area contributed by atoms with E-state index in [2.05, 4.69) is 10.3 Å². The van der Waals surface area contributed by atoms with Gasteiger partial charge in [-0.2, -0.15) is 0 Å². The summed E-state index contributed by atoms with van der Waals surface area (Å²) in [5, 5.41) is 2.69. The van der Waals surface area contributed by atoms with Gasteiger partial charge in [0, 0.05) is 12.2 Å². The van der Waals surface area contributed by atoms with Crippen LogP contribution in [0.25, 0.3) is 0 Å². The summed E-state index contributed by atoms with van der Waals surface area (Å²) in [6, 6.07) is 2.89. The predicted molar refractivity (Wildman–Crippen MR) is 65.3 cm³/mol. The van der Waals surface area contributed by atoms with Crippen LogP contribution in [-0.2, 0) is 9.84 Å². The van der Waals surface area contributed by atoms with Crippen molar-refractivity contribution < 1.29 is 17.9 Å². The summed E-state index contributed by atoms with van der Waals surface area (Å²) in [5.74, 6) is 0.00147. The molecule has 0 spiro atoms. The third-order valence-corrected chi connectivity index (χ3v) is 4.54. The van der Waals surface area contributed by atoms with Gasteiger partial charge in [0.05, 0.1) is 18.6 Å². The Kier molecular flexibility index (Phi) is 3.51. The van der Waals surface area contributed by atoms with Gasteiger partial charge in [-0.05, 0) is 18.6 Å². The Bertz CT molecular complexity index is 556. The first kappa shape index (κ1) is 12.8. The number of methoxy groups -OCH3 is 1. The van der Waals surface area contributed by atoms with Crippen molar-refractivity contribution in [3.63, 3.8) is 0 Å². The molecule has 1 amide bonds. The average Bonchev–Trinajstić information content (AvgIpc) is 2.68. The second-order valence-electron chi connectivity index (χ2n) is 4.13. The van der Waals surface area contributed by atoms with Crippen molar-refractivity contribution in [3.05, 3.63) is 23.9 Å². The van der Waals surface area contributed by atoms with Gasteiger partial charge in [-0.25, -0.2) is 13.4 Å². The molecule has 0 radical (unpaired) electrons. The Morgan fingerprint density at radius 1 is 1.56 bits per heavy atom. The van der Waals surface area contributed by atoms with E-state index in [1.807, 2.05) is 0 Å². The van der Waals surface area contributed by atoms with Crippen LogP contribution in [0.2, 0.25) is 0 Å². The van der Waals surface area contributed by atoms with Crippen LogP contribution in [0.5, 0.6) is 5.88 Å². The molecular formula is C11H14N2O4S. The highest BCUT2D eigenvalue weighted by Crippen LogP contribution is 2.16. The standard InChI is InChI=1S/C11H14N2O4S/c1-17-11-9(3-2-5-12-11)10(14)13-8-4-6-18(15,16)7-8/h2-3,5,8H,4,6-7H2,1H3,(H,13,14)/t8-/m1/s1. The number of nitrogens with zero attached hydrogens (tertiary/aromatic N) is 1. The number of amides is 1. The quantitative estimate of drug-likeness (QED) is 0.836. The minimum Gasteiger partial charge on any atom is -0.480 e. The van der Waals surface area contributed by atoms with Crippen molar-refractivity contribution in [1.29, 1.82) is 0 Å². The van der Waals surface area contributed by atoms with Crippen LogP contribution in [0.4, 0.5) is 0 Å². The van der Waals surface area contributed by atoms with Crippen LogP contribution in [0.3, 0.4) is 0 Å².